The minimum absolute atomic E-state index is 0.298. The minimum Gasteiger partial charge on any atom is -0.394 e. The highest BCUT2D eigenvalue weighted by atomic mass is 79.9. The van der Waals surface area contributed by atoms with Gasteiger partial charge in [0, 0.05) is 10.7 Å². The zero-order chi connectivity index (χ0) is 14.4. The molecular weight excluding hydrogens is 332 g/mol. The Morgan fingerprint density at radius 1 is 1.35 bits per heavy atom. The number of nitrogens with two attached hydrogens (primary N) is 1. The van der Waals surface area contributed by atoms with E-state index in [9.17, 15) is 10.2 Å². The first-order chi connectivity index (χ1) is 9.54. The van der Waals surface area contributed by atoms with Crippen LogP contribution in [-0.2, 0) is 4.74 Å². The maximum absolute atomic E-state index is 10.1. The van der Waals surface area contributed by atoms with Crippen LogP contribution in [0.5, 0.6) is 0 Å². The molecule has 0 radical (unpaired) electrons. The van der Waals surface area contributed by atoms with Gasteiger partial charge in [0.25, 0.3) is 0 Å². The number of anilines is 1. The molecule has 1 aliphatic rings. The number of aliphatic hydroxyl groups is 3. The van der Waals surface area contributed by atoms with Crippen LogP contribution in [0, 0.1) is 0 Å². The number of aromatic nitrogens is 3. The predicted molar refractivity (Wildman–Crippen MR) is 72.6 cm³/mol. The standard InChI is InChI=1S/C11H13BrN4O4/c12-4-1-16(10-6(4)9(13)14-3-15-10)11-8(19)7(18)5(2-17)20-11/h1,3,5,7-8,11,17-19H,2H2,(H2,13,14,15)/t5-,7-,8-,11+/m1/s1. The van der Waals surface area contributed by atoms with Gasteiger partial charge < -0.3 is 30.4 Å². The number of hydrogen-bond acceptors (Lipinski definition) is 7. The van der Waals surface area contributed by atoms with Crippen molar-refractivity contribution >= 4 is 32.8 Å². The second-order valence-electron chi connectivity index (χ2n) is 4.57. The molecule has 9 heteroatoms. The Balaban J connectivity index is 2.10. The number of hydrogen-bond donors (Lipinski definition) is 4. The fraction of sp³-hybridized carbons (Fsp3) is 0.455. The maximum atomic E-state index is 10.1. The summed E-state index contributed by atoms with van der Waals surface area (Å²) in [6.45, 7) is -0.383. The van der Waals surface area contributed by atoms with Gasteiger partial charge in [0.1, 0.15) is 36.1 Å². The van der Waals surface area contributed by atoms with Crippen molar-refractivity contribution in [2.75, 3.05) is 12.3 Å². The second-order valence-corrected chi connectivity index (χ2v) is 5.43. The molecule has 20 heavy (non-hydrogen) atoms. The van der Waals surface area contributed by atoms with Crippen molar-refractivity contribution in [3.8, 4) is 0 Å². The zero-order valence-electron chi connectivity index (χ0n) is 10.2. The first kappa shape index (κ1) is 13.7. The van der Waals surface area contributed by atoms with Crippen LogP contribution in [0.3, 0.4) is 0 Å². The summed E-state index contributed by atoms with van der Waals surface area (Å²) in [5.41, 5.74) is 6.27. The monoisotopic (exact) mass is 344 g/mol. The van der Waals surface area contributed by atoms with E-state index < -0.39 is 24.5 Å². The topological polar surface area (TPSA) is 127 Å². The van der Waals surface area contributed by atoms with Crippen LogP contribution in [0.25, 0.3) is 11.0 Å². The highest BCUT2D eigenvalue weighted by Gasteiger charge is 2.44. The van der Waals surface area contributed by atoms with Gasteiger partial charge >= 0.3 is 0 Å². The smallest absolute Gasteiger partial charge is 0.164 e. The first-order valence-corrected chi connectivity index (χ1v) is 6.73. The molecule has 0 aliphatic carbocycles. The van der Waals surface area contributed by atoms with Crippen LogP contribution < -0.4 is 5.73 Å². The fourth-order valence-corrected chi connectivity index (χ4v) is 2.97. The van der Waals surface area contributed by atoms with Crippen LogP contribution in [0.1, 0.15) is 6.23 Å². The summed E-state index contributed by atoms with van der Waals surface area (Å²) < 4.78 is 7.69. The van der Waals surface area contributed by atoms with Gasteiger partial charge in [0.05, 0.1) is 12.0 Å². The molecule has 3 heterocycles. The molecular formula is C11H13BrN4O4. The molecule has 0 bridgehead atoms. The van der Waals surface area contributed by atoms with Crippen molar-refractivity contribution in [3.63, 3.8) is 0 Å². The third-order valence-corrected chi connectivity index (χ3v) is 3.98. The van der Waals surface area contributed by atoms with Gasteiger partial charge in [0.2, 0.25) is 0 Å². The molecule has 8 nitrogen and oxygen atoms in total. The number of nitrogens with zero attached hydrogens (tertiary/aromatic N) is 3. The molecule has 108 valence electrons. The molecule has 2 aromatic heterocycles. The lowest BCUT2D eigenvalue weighted by atomic mass is 10.1. The molecule has 3 rings (SSSR count). The Hall–Kier alpha value is -1.26. The molecule has 0 amide bonds. The summed E-state index contributed by atoms with van der Waals surface area (Å²) in [6.07, 6.45) is -1.08. The number of fused-ring (bicyclic) bond motifs is 1. The van der Waals surface area contributed by atoms with Crippen molar-refractivity contribution in [1.29, 1.82) is 0 Å². The van der Waals surface area contributed by atoms with Crippen LogP contribution in [0.15, 0.2) is 17.0 Å². The molecule has 4 atom stereocenters. The Kier molecular flexibility index (Phi) is 3.38. The third-order valence-electron chi connectivity index (χ3n) is 3.38. The number of ether oxygens (including phenoxy) is 1. The SMILES string of the molecule is Nc1ncnc2c1c(Br)cn2[C@H]1O[C@H](CO)[C@@H](O)[C@H]1O. The van der Waals surface area contributed by atoms with Gasteiger partial charge in [-0.2, -0.15) is 0 Å². The molecule has 1 fully saturated rings. The summed E-state index contributed by atoms with van der Waals surface area (Å²) >= 11 is 3.35. The van der Waals surface area contributed by atoms with Crippen molar-refractivity contribution in [2.45, 2.75) is 24.5 Å². The van der Waals surface area contributed by atoms with E-state index in [1.807, 2.05) is 0 Å². The van der Waals surface area contributed by atoms with Gasteiger partial charge in [0.15, 0.2) is 6.23 Å². The van der Waals surface area contributed by atoms with Crippen molar-refractivity contribution in [3.05, 3.63) is 17.0 Å². The van der Waals surface area contributed by atoms with Gasteiger partial charge in [-0.1, -0.05) is 0 Å². The van der Waals surface area contributed by atoms with E-state index >= 15 is 0 Å². The van der Waals surface area contributed by atoms with Crippen LogP contribution in [0.4, 0.5) is 5.82 Å². The second kappa shape index (κ2) is 4.93. The van der Waals surface area contributed by atoms with Crippen LogP contribution >= 0.6 is 15.9 Å². The quantitative estimate of drug-likeness (QED) is 0.572. The lowest BCUT2D eigenvalue weighted by molar-refractivity contribution is -0.0509. The lowest BCUT2D eigenvalue weighted by Gasteiger charge is -2.17. The van der Waals surface area contributed by atoms with E-state index in [1.54, 1.807) is 10.8 Å². The Morgan fingerprint density at radius 2 is 2.10 bits per heavy atom. The average molecular weight is 345 g/mol. The Bertz CT molecular complexity index is 649. The zero-order valence-corrected chi connectivity index (χ0v) is 11.8. The van der Waals surface area contributed by atoms with Crippen LogP contribution in [-0.4, -0.2) is 54.8 Å². The molecule has 0 aromatic carbocycles. The van der Waals surface area contributed by atoms with E-state index in [4.69, 9.17) is 15.6 Å². The summed E-state index contributed by atoms with van der Waals surface area (Å²) in [5.74, 6) is 0.298. The molecule has 0 unspecified atom stereocenters. The largest absolute Gasteiger partial charge is 0.394 e. The summed E-state index contributed by atoms with van der Waals surface area (Å²) in [6, 6.07) is 0. The summed E-state index contributed by atoms with van der Waals surface area (Å²) in [7, 11) is 0. The maximum Gasteiger partial charge on any atom is 0.164 e. The van der Waals surface area contributed by atoms with E-state index in [0.717, 1.165) is 0 Å². The van der Waals surface area contributed by atoms with Crippen molar-refractivity contribution in [1.82, 2.24) is 14.5 Å². The fourth-order valence-electron chi connectivity index (χ4n) is 2.37. The first-order valence-electron chi connectivity index (χ1n) is 5.93. The highest BCUT2D eigenvalue weighted by Crippen LogP contribution is 2.36. The average Bonchev–Trinajstić information content (AvgIpc) is 2.90. The van der Waals surface area contributed by atoms with Gasteiger partial charge in [-0.15, -0.1) is 0 Å². The molecule has 5 N–H and O–H groups in total. The van der Waals surface area contributed by atoms with Gasteiger partial charge in [-0.3, -0.25) is 0 Å². The summed E-state index contributed by atoms with van der Waals surface area (Å²) in [5, 5.41) is 29.6. The Morgan fingerprint density at radius 3 is 2.75 bits per heavy atom. The van der Waals surface area contributed by atoms with Gasteiger partial charge in [-0.25, -0.2) is 9.97 Å². The van der Waals surface area contributed by atoms with Crippen molar-refractivity contribution in [2.24, 2.45) is 0 Å². The van der Waals surface area contributed by atoms with Gasteiger partial charge in [-0.05, 0) is 15.9 Å². The van der Waals surface area contributed by atoms with Crippen LogP contribution in [0.2, 0.25) is 0 Å². The Labute approximate surface area is 121 Å². The number of halogens is 1. The predicted octanol–water partition coefficient (Wildman–Crippen LogP) is -0.613. The molecule has 0 saturated carbocycles. The molecule has 0 spiro atoms. The molecule has 1 saturated heterocycles. The van der Waals surface area contributed by atoms with E-state index in [-0.39, 0.29) is 6.61 Å². The number of rotatable bonds is 2. The molecule has 2 aromatic rings. The minimum atomic E-state index is -1.18. The normalized spacial score (nSPS) is 30.2. The number of aliphatic hydroxyl groups excluding tert-OH is 3. The van der Waals surface area contributed by atoms with Crippen molar-refractivity contribution < 1.29 is 20.1 Å². The van der Waals surface area contributed by atoms with E-state index in [1.165, 1.54) is 6.33 Å². The molecule has 1 aliphatic heterocycles. The van der Waals surface area contributed by atoms with E-state index in [2.05, 4.69) is 25.9 Å². The third kappa shape index (κ3) is 1.90. The highest BCUT2D eigenvalue weighted by molar-refractivity contribution is 9.10. The summed E-state index contributed by atoms with van der Waals surface area (Å²) in [4.78, 5) is 8.03. The number of nitrogen functional groups attached to an aromatic ring is 1. The van der Waals surface area contributed by atoms with E-state index in [0.29, 0.717) is 21.3 Å². The lowest BCUT2D eigenvalue weighted by Crippen LogP contribution is -2.33.